The van der Waals surface area contributed by atoms with E-state index < -0.39 is 6.10 Å². The van der Waals surface area contributed by atoms with Gasteiger partial charge in [-0.2, -0.15) is 0 Å². The van der Waals surface area contributed by atoms with Crippen LogP contribution in [-0.2, 0) is 0 Å². The van der Waals surface area contributed by atoms with Gasteiger partial charge in [-0.3, -0.25) is 0 Å². The first kappa shape index (κ1) is 17.0. The van der Waals surface area contributed by atoms with Crippen LogP contribution in [0.1, 0.15) is 31.9 Å². The van der Waals surface area contributed by atoms with Crippen molar-refractivity contribution >= 4 is 0 Å². The standard InChI is InChI=1S/C16H28N2O2/c1-13(2)20-15-8-6-14(7-9-15)16(19)12-17-10-5-11-18(3)4/h6-9,13,16-17,19H,5,10-12H2,1-4H3. The summed E-state index contributed by atoms with van der Waals surface area (Å²) in [4.78, 5) is 2.16. The Morgan fingerprint density at radius 3 is 2.40 bits per heavy atom. The van der Waals surface area contributed by atoms with Crippen molar-refractivity contribution in [3.63, 3.8) is 0 Å². The molecule has 114 valence electrons. The van der Waals surface area contributed by atoms with Crippen molar-refractivity contribution in [1.82, 2.24) is 10.2 Å². The number of nitrogens with one attached hydrogen (secondary N) is 1. The monoisotopic (exact) mass is 280 g/mol. The summed E-state index contributed by atoms with van der Waals surface area (Å²) in [5, 5.41) is 13.4. The third-order valence-electron chi connectivity index (χ3n) is 2.93. The normalized spacial score (nSPS) is 12.9. The number of ether oxygens (including phenoxy) is 1. The molecule has 1 atom stereocenters. The minimum absolute atomic E-state index is 0.170. The molecule has 1 aromatic carbocycles. The molecule has 20 heavy (non-hydrogen) atoms. The summed E-state index contributed by atoms with van der Waals surface area (Å²) >= 11 is 0. The molecular weight excluding hydrogens is 252 g/mol. The maximum atomic E-state index is 10.1. The Morgan fingerprint density at radius 2 is 1.85 bits per heavy atom. The number of aliphatic hydroxyl groups is 1. The molecule has 0 fully saturated rings. The van der Waals surface area contributed by atoms with Crippen LogP contribution in [0.5, 0.6) is 5.75 Å². The quantitative estimate of drug-likeness (QED) is 0.680. The molecule has 4 heteroatoms. The maximum Gasteiger partial charge on any atom is 0.119 e. The lowest BCUT2D eigenvalue weighted by Gasteiger charge is -2.15. The maximum absolute atomic E-state index is 10.1. The summed E-state index contributed by atoms with van der Waals surface area (Å²) in [6.07, 6.45) is 0.785. The van der Waals surface area contributed by atoms with Crippen LogP contribution in [0, 0.1) is 0 Å². The number of nitrogens with zero attached hydrogens (tertiary/aromatic N) is 1. The zero-order chi connectivity index (χ0) is 15.0. The molecule has 0 heterocycles. The van der Waals surface area contributed by atoms with Crippen LogP contribution >= 0.6 is 0 Å². The van der Waals surface area contributed by atoms with Crippen molar-refractivity contribution in [3.8, 4) is 5.75 Å². The van der Waals surface area contributed by atoms with E-state index in [1.165, 1.54) is 0 Å². The first-order valence-corrected chi connectivity index (χ1v) is 7.29. The number of hydrogen-bond acceptors (Lipinski definition) is 4. The lowest BCUT2D eigenvalue weighted by molar-refractivity contribution is 0.174. The molecule has 1 unspecified atom stereocenters. The van der Waals surface area contributed by atoms with E-state index >= 15 is 0 Å². The van der Waals surface area contributed by atoms with Crippen LogP contribution in [0.25, 0.3) is 0 Å². The molecule has 0 radical (unpaired) electrons. The fourth-order valence-electron chi connectivity index (χ4n) is 1.92. The Labute approximate surface area is 122 Å². The second kappa shape index (κ2) is 8.95. The van der Waals surface area contributed by atoms with Crippen molar-refractivity contribution in [3.05, 3.63) is 29.8 Å². The minimum atomic E-state index is -0.470. The first-order chi connectivity index (χ1) is 9.49. The molecule has 1 rings (SSSR count). The Bertz CT molecular complexity index is 363. The number of rotatable bonds is 9. The highest BCUT2D eigenvalue weighted by Gasteiger charge is 2.07. The smallest absolute Gasteiger partial charge is 0.119 e. The average Bonchev–Trinajstić information content (AvgIpc) is 2.38. The summed E-state index contributed by atoms with van der Waals surface area (Å²) in [7, 11) is 4.13. The van der Waals surface area contributed by atoms with Gasteiger partial charge in [0.15, 0.2) is 0 Å². The molecule has 0 aromatic heterocycles. The fraction of sp³-hybridized carbons (Fsp3) is 0.625. The SMILES string of the molecule is CC(C)Oc1ccc(C(O)CNCCCN(C)C)cc1. The van der Waals surface area contributed by atoms with E-state index in [1.54, 1.807) is 0 Å². The number of benzene rings is 1. The molecular formula is C16H28N2O2. The highest BCUT2D eigenvalue weighted by atomic mass is 16.5. The molecule has 1 aromatic rings. The van der Waals surface area contributed by atoms with Gasteiger partial charge >= 0.3 is 0 Å². The van der Waals surface area contributed by atoms with Crippen molar-refractivity contribution in [2.45, 2.75) is 32.5 Å². The Hall–Kier alpha value is -1.10. The average molecular weight is 280 g/mol. The molecule has 2 N–H and O–H groups in total. The van der Waals surface area contributed by atoms with E-state index in [4.69, 9.17) is 4.74 Å². The predicted molar refractivity (Wildman–Crippen MR) is 83.2 cm³/mol. The largest absolute Gasteiger partial charge is 0.491 e. The highest BCUT2D eigenvalue weighted by Crippen LogP contribution is 2.18. The van der Waals surface area contributed by atoms with Gasteiger partial charge in [0, 0.05) is 6.54 Å². The van der Waals surface area contributed by atoms with Gasteiger partial charge in [0.25, 0.3) is 0 Å². The van der Waals surface area contributed by atoms with Crippen LogP contribution in [0.15, 0.2) is 24.3 Å². The van der Waals surface area contributed by atoms with Gasteiger partial charge in [-0.05, 0) is 65.1 Å². The van der Waals surface area contributed by atoms with Crippen LogP contribution in [-0.4, -0.2) is 49.8 Å². The van der Waals surface area contributed by atoms with Gasteiger partial charge in [0.2, 0.25) is 0 Å². The van der Waals surface area contributed by atoms with Crippen LogP contribution in [0.3, 0.4) is 0 Å². The topological polar surface area (TPSA) is 44.7 Å². The second-order valence-electron chi connectivity index (χ2n) is 5.61. The van der Waals surface area contributed by atoms with Gasteiger partial charge < -0.3 is 20.1 Å². The van der Waals surface area contributed by atoms with E-state index in [0.29, 0.717) is 6.54 Å². The zero-order valence-electron chi connectivity index (χ0n) is 13.1. The van der Waals surface area contributed by atoms with Gasteiger partial charge in [0.05, 0.1) is 12.2 Å². The number of aliphatic hydroxyl groups excluding tert-OH is 1. The van der Waals surface area contributed by atoms with Crippen molar-refractivity contribution < 1.29 is 9.84 Å². The van der Waals surface area contributed by atoms with Gasteiger partial charge in [-0.1, -0.05) is 12.1 Å². The second-order valence-corrected chi connectivity index (χ2v) is 5.61. The van der Waals surface area contributed by atoms with Gasteiger partial charge in [-0.15, -0.1) is 0 Å². The summed E-state index contributed by atoms with van der Waals surface area (Å²) in [5.74, 6) is 0.842. The third-order valence-corrected chi connectivity index (χ3v) is 2.93. The minimum Gasteiger partial charge on any atom is -0.491 e. The predicted octanol–water partition coefficient (Wildman–Crippen LogP) is 2.05. The number of hydrogen-bond donors (Lipinski definition) is 2. The third kappa shape index (κ3) is 6.89. The molecule has 4 nitrogen and oxygen atoms in total. The highest BCUT2D eigenvalue weighted by molar-refractivity contribution is 5.28. The zero-order valence-corrected chi connectivity index (χ0v) is 13.1. The molecule has 0 aliphatic heterocycles. The van der Waals surface area contributed by atoms with Crippen molar-refractivity contribution in [1.29, 1.82) is 0 Å². The Morgan fingerprint density at radius 1 is 1.20 bits per heavy atom. The van der Waals surface area contributed by atoms with Crippen LogP contribution in [0.2, 0.25) is 0 Å². The molecule has 0 saturated heterocycles. The van der Waals surface area contributed by atoms with E-state index in [0.717, 1.165) is 30.8 Å². The van der Waals surface area contributed by atoms with Crippen molar-refractivity contribution in [2.75, 3.05) is 33.7 Å². The molecule has 0 amide bonds. The Balaban J connectivity index is 2.30. The molecule has 0 aliphatic rings. The fourth-order valence-corrected chi connectivity index (χ4v) is 1.92. The van der Waals surface area contributed by atoms with Gasteiger partial charge in [-0.25, -0.2) is 0 Å². The van der Waals surface area contributed by atoms with Crippen molar-refractivity contribution in [2.24, 2.45) is 0 Å². The van der Waals surface area contributed by atoms with Crippen LogP contribution < -0.4 is 10.1 Å². The Kier molecular flexibility index (Phi) is 7.59. The summed E-state index contributed by atoms with van der Waals surface area (Å²) in [6, 6.07) is 7.66. The first-order valence-electron chi connectivity index (χ1n) is 7.29. The van der Waals surface area contributed by atoms with E-state index in [-0.39, 0.29) is 6.10 Å². The molecule has 0 saturated carbocycles. The van der Waals surface area contributed by atoms with E-state index in [9.17, 15) is 5.11 Å². The van der Waals surface area contributed by atoms with E-state index in [2.05, 4.69) is 24.3 Å². The lowest BCUT2D eigenvalue weighted by Crippen LogP contribution is -2.25. The summed E-state index contributed by atoms with van der Waals surface area (Å²) < 4.78 is 5.58. The summed E-state index contributed by atoms with van der Waals surface area (Å²) in [6.45, 7) is 6.56. The van der Waals surface area contributed by atoms with Crippen LogP contribution in [0.4, 0.5) is 0 Å². The summed E-state index contributed by atoms with van der Waals surface area (Å²) in [5.41, 5.74) is 0.918. The molecule has 0 bridgehead atoms. The van der Waals surface area contributed by atoms with E-state index in [1.807, 2.05) is 38.1 Å². The molecule has 0 aliphatic carbocycles. The molecule has 0 spiro atoms. The lowest BCUT2D eigenvalue weighted by atomic mass is 10.1. The van der Waals surface area contributed by atoms with Gasteiger partial charge in [0.1, 0.15) is 5.75 Å².